The summed E-state index contributed by atoms with van der Waals surface area (Å²) in [6.07, 6.45) is 6.87. The smallest absolute Gasteiger partial charge is 0.0991 e. The van der Waals surface area contributed by atoms with Crippen molar-refractivity contribution in [2.75, 3.05) is 19.6 Å². The van der Waals surface area contributed by atoms with Gasteiger partial charge in [-0.1, -0.05) is 19.1 Å². The Morgan fingerprint density at radius 1 is 1.35 bits per heavy atom. The molecule has 2 aromatic rings. The van der Waals surface area contributed by atoms with Gasteiger partial charge in [0.1, 0.15) is 0 Å². The maximum absolute atomic E-state index is 4.08. The summed E-state index contributed by atoms with van der Waals surface area (Å²) in [6.45, 7) is 6.67. The summed E-state index contributed by atoms with van der Waals surface area (Å²) in [5.41, 5.74) is 2.54. The van der Waals surface area contributed by atoms with Crippen LogP contribution in [0.25, 0.3) is 5.69 Å². The molecule has 1 saturated heterocycles. The number of nitrogens with zero attached hydrogens (tertiary/aromatic N) is 3. The average Bonchev–Trinajstić information content (AvgIpc) is 3.18. The van der Waals surface area contributed by atoms with Crippen LogP contribution < -0.4 is 5.32 Å². The van der Waals surface area contributed by atoms with Gasteiger partial charge in [-0.3, -0.25) is 4.90 Å². The molecular weight excluding hydrogens is 248 g/mol. The van der Waals surface area contributed by atoms with Gasteiger partial charge in [0, 0.05) is 37.2 Å². The molecule has 0 aliphatic carbocycles. The van der Waals surface area contributed by atoms with E-state index in [-0.39, 0.29) is 0 Å². The van der Waals surface area contributed by atoms with Crippen molar-refractivity contribution in [1.29, 1.82) is 0 Å². The number of hydrogen-bond donors (Lipinski definition) is 1. The minimum absolute atomic E-state index is 0.688. The van der Waals surface area contributed by atoms with E-state index in [1.165, 1.54) is 12.0 Å². The topological polar surface area (TPSA) is 33.1 Å². The second kappa shape index (κ2) is 6.20. The Kier molecular flexibility index (Phi) is 4.14. The van der Waals surface area contributed by atoms with Crippen molar-refractivity contribution in [3.8, 4) is 5.69 Å². The fourth-order valence-corrected chi connectivity index (χ4v) is 2.87. The van der Waals surface area contributed by atoms with Gasteiger partial charge in [0.25, 0.3) is 0 Å². The molecule has 0 spiro atoms. The normalized spacial score (nSPS) is 18.8. The first-order valence-electron chi connectivity index (χ1n) is 7.39. The molecule has 1 aliphatic heterocycles. The van der Waals surface area contributed by atoms with Crippen molar-refractivity contribution in [1.82, 2.24) is 19.8 Å². The summed E-state index contributed by atoms with van der Waals surface area (Å²) in [4.78, 5) is 6.64. The second-order valence-corrected chi connectivity index (χ2v) is 5.35. The Morgan fingerprint density at radius 3 is 2.80 bits per heavy atom. The molecule has 1 atom stereocenters. The second-order valence-electron chi connectivity index (χ2n) is 5.35. The molecule has 1 N–H and O–H groups in total. The molecule has 4 heteroatoms. The van der Waals surface area contributed by atoms with Gasteiger partial charge in [0.05, 0.1) is 6.33 Å². The highest BCUT2D eigenvalue weighted by Crippen LogP contribution is 2.15. The van der Waals surface area contributed by atoms with Gasteiger partial charge in [-0.25, -0.2) is 4.98 Å². The number of likely N-dealkylation sites (N-methyl/N-ethyl adjacent to an activating group) is 1. The summed E-state index contributed by atoms with van der Waals surface area (Å²) in [6, 6.07) is 9.46. The van der Waals surface area contributed by atoms with Crippen LogP contribution in [0.3, 0.4) is 0 Å². The molecule has 1 aromatic carbocycles. The largest absolute Gasteiger partial charge is 0.315 e. The summed E-state index contributed by atoms with van der Waals surface area (Å²) in [7, 11) is 0. The number of rotatable bonds is 5. The molecule has 1 unspecified atom stereocenters. The molecule has 0 saturated carbocycles. The SMILES string of the molecule is CCN(Cc1ccc(-n2ccnc2)cc1)C1CCNC1. The first-order valence-corrected chi connectivity index (χ1v) is 7.39. The van der Waals surface area contributed by atoms with Gasteiger partial charge in [0.15, 0.2) is 0 Å². The van der Waals surface area contributed by atoms with Crippen LogP contribution in [0.1, 0.15) is 18.9 Å². The molecule has 3 rings (SSSR count). The van der Waals surface area contributed by atoms with Crippen molar-refractivity contribution in [3.05, 3.63) is 48.5 Å². The van der Waals surface area contributed by atoms with Gasteiger partial charge in [0.2, 0.25) is 0 Å². The lowest BCUT2D eigenvalue weighted by Crippen LogP contribution is -2.36. The Balaban J connectivity index is 1.68. The van der Waals surface area contributed by atoms with Crippen LogP contribution in [0.15, 0.2) is 43.0 Å². The van der Waals surface area contributed by atoms with Crippen LogP contribution in [0.2, 0.25) is 0 Å². The predicted octanol–water partition coefficient (Wildman–Crippen LogP) is 2.06. The van der Waals surface area contributed by atoms with Gasteiger partial charge < -0.3 is 9.88 Å². The van der Waals surface area contributed by atoms with Crippen molar-refractivity contribution < 1.29 is 0 Å². The average molecular weight is 270 g/mol. The van der Waals surface area contributed by atoms with E-state index < -0.39 is 0 Å². The fourth-order valence-electron chi connectivity index (χ4n) is 2.87. The van der Waals surface area contributed by atoms with Crippen molar-refractivity contribution in [3.63, 3.8) is 0 Å². The summed E-state index contributed by atoms with van der Waals surface area (Å²) in [5.74, 6) is 0. The monoisotopic (exact) mass is 270 g/mol. The zero-order valence-corrected chi connectivity index (χ0v) is 12.0. The van der Waals surface area contributed by atoms with E-state index in [0.717, 1.165) is 31.9 Å². The highest BCUT2D eigenvalue weighted by atomic mass is 15.2. The third-order valence-electron chi connectivity index (χ3n) is 4.08. The van der Waals surface area contributed by atoms with E-state index >= 15 is 0 Å². The van der Waals surface area contributed by atoms with Gasteiger partial charge in [-0.05, 0) is 37.2 Å². The van der Waals surface area contributed by atoms with Gasteiger partial charge in [-0.15, -0.1) is 0 Å². The molecule has 0 bridgehead atoms. The lowest BCUT2D eigenvalue weighted by atomic mass is 10.1. The Hall–Kier alpha value is -1.65. The van der Waals surface area contributed by atoms with Crippen LogP contribution in [0.4, 0.5) is 0 Å². The molecule has 20 heavy (non-hydrogen) atoms. The quantitative estimate of drug-likeness (QED) is 0.903. The predicted molar refractivity (Wildman–Crippen MR) is 80.9 cm³/mol. The number of nitrogens with one attached hydrogen (secondary N) is 1. The lowest BCUT2D eigenvalue weighted by molar-refractivity contribution is 0.210. The summed E-state index contributed by atoms with van der Waals surface area (Å²) >= 11 is 0. The molecule has 106 valence electrons. The highest BCUT2D eigenvalue weighted by Gasteiger charge is 2.20. The Labute approximate surface area is 120 Å². The minimum Gasteiger partial charge on any atom is -0.315 e. The third kappa shape index (κ3) is 2.92. The maximum Gasteiger partial charge on any atom is 0.0991 e. The lowest BCUT2D eigenvalue weighted by Gasteiger charge is -2.27. The standard InChI is InChI=1S/C16H22N4/c1-2-19(16-7-8-17-11-16)12-14-3-5-15(6-4-14)20-10-9-18-13-20/h3-6,9-10,13,16-17H,2,7-8,11-12H2,1H3. The number of imidazole rings is 1. The first-order chi connectivity index (χ1) is 9.86. The van der Waals surface area contributed by atoms with Crippen LogP contribution in [-0.2, 0) is 6.54 Å². The summed E-state index contributed by atoms with van der Waals surface area (Å²) < 4.78 is 2.03. The van der Waals surface area contributed by atoms with Crippen LogP contribution in [0, 0.1) is 0 Å². The molecule has 2 heterocycles. The summed E-state index contributed by atoms with van der Waals surface area (Å²) in [5, 5.41) is 3.45. The third-order valence-corrected chi connectivity index (χ3v) is 4.08. The molecule has 1 aliphatic rings. The molecule has 1 aromatic heterocycles. The fraction of sp³-hybridized carbons (Fsp3) is 0.438. The Morgan fingerprint density at radius 2 is 2.20 bits per heavy atom. The van der Waals surface area contributed by atoms with Gasteiger partial charge >= 0.3 is 0 Å². The first kappa shape index (κ1) is 13.3. The molecular formula is C16H22N4. The van der Waals surface area contributed by atoms with E-state index in [0.29, 0.717) is 6.04 Å². The number of aromatic nitrogens is 2. The number of benzene rings is 1. The van der Waals surface area contributed by atoms with E-state index in [9.17, 15) is 0 Å². The van der Waals surface area contributed by atoms with E-state index in [2.05, 4.69) is 46.4 Å². The zero-order chi connectivity index (χ0) is 13.8. The molecule has 1 fully saturated rings. The Bertz CT molecular complexity index is 512. The van der Waals surface area contributed by atoms with E-state index in [4.69, 9.17) is 0 Å². The molecule has 4 nitrogen and oxygen atoms in total. The van der Waals surface area contributed by atoms with Crippen molar-refractivity contribution >= 4 is 0 Å². The molecule has 0 radical (unpaired) electrons. The zero-order valence-electron chi connectivity index (χ0n) is 12.0. The van der Waals surface area contributed by atoms with Crippen LogP contribution >= 0.6 is 0 Å². The molecule has 0 amide bonds. The number of hydrogen-bond acceptors (Lipinski definition) is 3. The van der Waals surface area contributed by atoms with Crippen molar-refractivity contribution in [2.24, 2.45) is 0 Å². The van der Waals surface area contributed by atoms with Gasteiger partial charge in [-0.2, -0.15) is 0 Å². The van der Waals surface area contributed by atoms with Crippen LogP contribution in [0.5, 0.6) is 0 Å². The van der Waals surface area contributed by atoms with E-state index in [1.54, 1.807) is 6.20 Å². The van der Waals surface area contributed by atoms with Crippen LogP contribution in [-0.4, -0.2) is 40.1 Å². The van der Waals surface area contributed by atoms with E-state index in [1.807, 2.05) is 17.1 Å². The highest BCUT2D eigenvalue weighted by molar-refractivity contribution is 5.34. The van der Waals surface area contributed by atoms with Crippen molar-refractivity contribution in [2.45, 2.75) is 25.9 Å². The maximum atomic E-state index is 4.08. The minimum atomic E-state index is 0.688.